The predicted octanol–water partition coefficient (Wildman–Crippen LogP) is 2.10. The molecule has 0 spiro atoms. The van der Waals surface area contributed by atoms with Gasteiger partial charge in [-0.25, -0.2) is 0 Å². The van der Waals surface area contributed by atoms with E-state index in [0.717, 1.165) is 0 Å². The third kappa shape index (κ3) is 1.74. The molecule has 0 bridgehead atoms. The predicted molar refractivity (Wildman–Crippen MR) is 48.1 cm³/mol. The number of fused-ring (bicyclic) bond motifs is 1. The van der Waals surface area contributed by atoms with Crippen LogP contribution in [0.3, 0.4) is 0 Å². The Kier molecular flexibility index (Phi) is 2.26. The maximum absolute atomic E-state index is 12.8. The third-order valence-corrected chi connectivity index (χ3v) is 2.26. The molecule has 1 heterocycles. The summed E-state index contributed by atoms with van der Waals surface area (Å²) in [5.41, 5.74) is 0.521. The minimum absolute atomic E-state index is 0.0119. The van der Waals surface area contributed by atoms with Crippen LogP contribution in [0, 0.1) is 0 Å². The number of aliphatic hydroxyl groups excluding tert-OH is 1. The lowest BCUT2D eigenvalue weighted by molar-refractivity contribution is -0.287. The van der Waals surface area contributed by atoms with Gasteiger partial charge in [0.2, 0.25) is 0 Å². The number of hydrogen-bond acceptors (Lipinski definition) is 3. The van der Waals surface area contributed by atoms with Gasteiger partial charge in [0.15, 0.2) is 11.5 Å². The molecule has 1 aliphatic heterocycles. The molecule has 2 rings (SSSR count). The van der Waals surface area contributed by atoms with Crippen molar-refractivity contribution < 1.29 is 23.4 Å². The Balaban J connectivity index is 2.41. The van der Waals surface area contributed by atoms with Crippen molar-refractivity contribution in [1.29, 1.82) is 0 Å². The van der Waals surface area contributed by atoms with Crippen LogP contribution in [-0.4, -0.2) is 18.0 Å². The minimum Gasteiger partial charge on any atom is -0.396 e. The minimum atomic E-state index is -3.60. The fourth-order valence-corrected chi connectivity index (χ4v) is 1.48. The Labute approximate surface area is 85.2 Å². The number of para-hydroxylation sites is 1. The monoisotopic (exact) mass is 216 g/mol. The lowest BCUT2D eigenvalue weighted by Crippen LogP contribution is -2.26. The standard InChI is InChI=1S/C10H10F2O3/c1-6(5-13)7-3-2-4-8-9(7)15-10(11,12)14-8/h2-4,6,13H,5H2,1H3. The van der Waals surface area contributed by atoms with E-state index in [-0.39, 0.29) is 24.0 Å². The Morgan fingerprint density at radius 1 is 1.40 bits per heavy atom. The molecule has 1 atom stereocenters. The molecule has 0 saturated heterocycles. The van der Waals surface area contributed by atoms with E-state index in [1.807, 2.05) is 0 Å². The van der Waals surface area contributed by atoms with Gasteiger partial charge in [0.25, 0.3) is 0 Å². The fraction of sp³-hybridized carbons (Fsp3) is 0.400. The Bertz CT molecular complexity index is 379. The van der Waals surface area contributed by atoms with Crippen molar-refractivity contribution in [3.63, 3.8) is 0 Å². The smallest absolute Gasteiger partial charge is 0.396 e. The molecule has 15 heavy (non-hydrogen) atoms. The molecule has 0 aromatic heterocycles. The molecule has 1 aromatic carbocycles. The summed E-state index contributed by atoms with van der Waals surface area (Å²) >= 11 is 0. The van der Waals surface area contributed by atoms with Crippen LogP contribution < -0.4 is 9.47 Å². The second-order valence-corrected chi connectivity index (χ2v) is 3.43. The highest BCUT2D eigenvalue weighted by Crippen LogP contribution is 2.45. The van der Waals surface area contributed by atoms with Crippen LogP contribution in [0.2, 0.25) is 0 Å². The molecular formula is C10H10F2O3. The van der Waals surface area contributed by atoms with Crippen molar-refractivity contribution in [3.8, 4) is 11.5 Å². The van der Waals surface area contributed by atoms with Gasteiger partial charge < -0.3 is 14.6 Å². The first-order chi connectivity index (χ1) is 7.03. The van der Waals surface area contributed by atoms with Crippen molar-refractivity contribution in [3.05, 3.63) is 23.8 Å². The van der Waals surface area contributed by atoms with Crippen LogP contribution >= 0.6 is 0 Å². The van der Waals surface area contributed by atoms with Gasteiger partial charge >= 0.3 is 6.29 Å². The molecule has 3 nitrogen and oxygen atoms in total. The molecule has 1 aromatic rings. The zero-order chi connectivity index (χ0) is 11.1. The van der Waals surface area contributed by atoms with E-state index in [9.17, 15) is 8.78 Å². The van der Waals surface area contributed by atoms with Crippen LogP contribution in [0.4, 0.5) is 8.78 Å². The lowest BCUT2D eigenvalue weighted by atomic mass is 10.0. The number of hydrogen-bond donors (Lipinski definition) is 1. The number of aliphatic hydroxyl groups is 1. The average molecular weight is 216 g/mol. The molecule has 0 aliphatic carbocycles. The van der Waals surface area contributed by atoms with Crippen molar-refractivity contribution >= 4 is 0 Å². The zero-order valence-corrected chi connectivity index (χ0v) is 8.04. The lowest BCUT2D eigenvalue weighted by Gasteiger charge is -2.11. The second kappa shape index (κ2) is 3.34. The summed E-state index contributed by atoms with van der Waals surface area (Å²) in [4.78, 5) is 0. The van der Waals surface area contributed by atoms with E-state index in [0.29, 0.717) is 5.56 Å². The summed E-state index contributed by atoms with van der Waals surface area (Å²) in [7, 11) is 0. The van der Waals surface area contributed by atoms with Gasteiger partial charge in [0.1, 0.15) is 0 Å². The topological polar surface area (TPSA) is 38.7 Å². The summed E-state index contributed by atoms with van der Waals surface area (Å²) in [6.45, 7) is 1.58. The van der Waals surface area contributed by atoms with E-state index in [1.54, 1.807) is 19.1 Å². The molecule has 0 radical (unpaired) electrons. The molecule has 0 fully saturated rings. The van der Waals surface area contributed by atoms with Crippen LogP contribution in [0.5, 0.6) is 11.5 Å². The first-order valence-electron chi connectivity index (χ1n) is 4.53. The summed E-state index contributed by atoms with van der Waals surface area (Å²) in [6.07, 6.45) is -3.60. The van der Waals surface area contributed by atoms with Gasteiger partial charge in [0.05, 0.1) is 0 Å². The van der Waals surface area contributed by atoms with Crippen LogP contribution in [-0.2, 0) is 0 Å². The largest absolute Gasteiger partial charge is 0.586 e. The molecule has 82 valence electrons. The quantitative estimate of drug-likeness (QED) is 0.822. The summed E-state index contributed by atoms with van der Waals surface area (Å²) in [6, 6.07) is 4.62. The number of ether oxygens (including phenoxy) is 2. The molecule has 1 N–H and O–H groups in total. The van der Waals surface area contributed by atoms with Gasteiger partial charge in [0, 0.05) is 18.1 Å². The number of benzene rings is 1. The van der Waals surface area contributed by atoms with Gasteiger partial charge in [-0.3, -0.25) is 0 Å². The molecular weight excluding hydrogens is 206 g/mol. The summed E-state index contributed by atoms with van der Waals surface area (Å²) in [5.74, 6) is -0.237. The van der Waals surface area contributed by atoms with E-state index < -0.39 is 6.29 Å². The number of rotatable bonds is 2. The molecule has 1 unspecified atom stereocenters. The van der Waals surface area contributed by atoms with Gasteiger partial charge in [-0.2, -0.15) is 0 Å². The molecule has 0 saturated carbocycles. The highest BCUT2D eigenvalue weighted by molar-refractivity contribution is 5.50. The van der Waals surface area contributed by atoms with E-state index in [1.165, 1.54) is 6.07 Å². The molecule has 1 aliphatic rings. The SMILES string of the molecule is CC(CO)c1cccc2c1OC(F)(F)O2. The van der Waals surface area contributed by atoms with Gasteiger partial charge in [-0.1, -0.05) is 19.1 Å². The fourth-order valence-electron chi connectivity index (χ4n) is 1.48. The van der Waals surface area contributed by atoms with Crippen molar-refractivity contribution in [2.75, 3.05) is 6.61 Å². The zero-order valence-electron chi connectivity index (χ0n) is 8.04. The van der Waals surface area contributed by atoms with E-state index in [2.05, 4.69) is 9.47 Å². The second-order valence-electron chi connectivity index (χ2n) is 3.43. The average Bonchev–Trinajstić information content (AvgIpc) is 2.49. The Morgan fingerprint density at radius 3 is 2.80 bits per heavy atom. The maximum Gasteiger partial charge on any atom is 0.586 e. The van der Waals surface area contributed by atoms with Crippen molar-refractivity contribution in [1.82, 2.24) is 0 Å². The van der Waals surface area contributed by atoms with E-state index >= 15 is 0 Å². The first kappa shape index (κ1) is 10.2. The molecule has 0 amide bonds. The maximum atomic E-state index is 12.8. The van der Waals surface area contributed by atoms with Gasteiger partial charge in [-0.05, 0) is 6.07 Å². The van der Waals surface area contributed by atoms with E-state index in [4.69, 9.17) is 5.11 Å². The normalized spacial score (nSPS) is 18.9. The Hall–Kier alpha value is -1.36. The van der Waals surface area contributed by atoms with Crippen molar-refractivity contribution in [2.45, 2.75) is 19.1 Å². The highest BCUT2D eigenvalue weighted by Gasteiger charge is 2.44. The van der Waals surface area contributed by atoms with Crippen LogP contribution in [0.1, 0.15) is 18.4 Å². The summed E-state index contributed by atoms with van der Waals surface area (Å²) < 4.78 is 34.2. The number of alkyl halides is 2. The molecule has 5 heteroatoms. The Morgan fingerprint density at radius 2 is 2.13 bits per heavy atom. The van der Waals surface area contributed by atoms with Gasteiger partial charge in [-0.15, -0.1) is 8.78 Å². The van der Waals surface area contributed by atoms with Crippen molar-refractivity contribution in [2.24, 2.45) is 0 Å². The summed E-state index contributed by atoms with van der Waals surface area (Å²) in [5, 5.41) is 8.97. The third-order valence-electron chi connectivity index (χ3n) is 2.26. The van der Waals surface area contributed by atoms with Crippen LogP contribution in [0.25, 0.3) is 0 Å². The van der Waals surface area contributed by atoms with Crippen LogP contribution in [0.15, 0.2) is 18.2 Å². The number of halogens is 2. The first-order valence-corrected chi connectivity index (χ1v) is 4.53. The highest BCUT2D eigenvalue weighted by atomic mass is 19.3.